The van der Waals surface area contributed by atoms with Gasteiger partial charge in [0.25, 0.3) is 0 Å². The summed E-state index contributed by atoms with van der Waals surface area (Å²) in [5.41, 5.74) is 1.20. The van der Waals surface area contributed by atoms with Crippen LogP contribution in [0.3, 0.4) is 0 Å². The van der Waals surface area contributed by atoms with E-state index in [1.54, 1.807) is 0 Å². The van der Waals surface area contributed by atoms with Crippen molar-refractivity contribution in [3.63, 3.8) is 0 Å². The SMILES string of the molecule is Cn1cc(CN2CCOC[C@@H]2c2nccc(NC3CCC3)n2)cn1. The molecule has 4 rings (SSSR count). The van der Waals surface area contributed by atoms with Crippen LogP contribution in [0, 0.1) is 0 Å². The van der Waals surface area contributed by atoms with Gasteiger partial charge in [-0.3, -0.25) is 9.58 Å². The molecule has 7 nitrogen and oxygen atoms in total. The smallest absolute Gasteiger partial charge is 0.150 e. The molecule has 1 aliphatic carbocycles. The van der Waals surface area contributed by atoms with E-state index in [0.717, 1.165) is 31.3 Å². The molecule has 2 aromatic heterocycles. The zero-order chi connectivity index (χ0) is 16.4. The number of aryl methyl sites for hydroxylation is 1. The van der Waals surface area contributed by atoms with Crippen molar-refractivity contribution in [2.24, 2.45) is 7.05 Å². The van der Waals surface area contributed by atoms with Gasteiger partial charge in [0.1, 0.15) is 11.6 Å². The average Bonchev–Trinajstić information content (AvgIpc) is 2.97. The second-order valence-electron chi connectivity index (χ2n) is 6.66. The van der Waals surface area contributed by atoms with E-state index in [1.165, 1.54) is 24.8 Å². The van der Waals surface area contributed by atoms with E-state index in [0.29, 0.717) is 12.6 Å². The van der Waals surface area contributed by atoms with Crippen LogP contribution in [0.2, 0.25) is 0 Å². The van der Waals surface area contributed by atoms with Gasteiger partial charge in [-0.1, -0.05) is 0 Å². The Balaban J connectivity index is 1.50. The van der Waals surface area contributed by atoms with Crippen molar-refractivity contribution in [3.8, 4) is 0 Å². The molecule has 2 aliphatic rings. The van der Waals surface area contributed by atoms with Crippen LogP contribution in [0.5, 0.6) is 0 Å². The second kappa shape index (κ2) is 6.86. The molecule has 2 fully saturated rings. The molecule has 1 N–H and O–H groups in total. The lowest BCUT2D eigenvalue weighted by Gasteiger charge is -2.34. The maximum atomic E-state index is 5.70. The first-order valence-corrected chi connectivity index (χ1v) is 8.67. The number of hydrogen-bond donors (Lipinski definition) is 1. The van der Waals surface area contributed by atoms with Crippen LogP contribution in [0.4, 0.5) is 5.82 Å². The summed E-state index contributed by atoms with van der Waals surface area (Å²) < 4.78 is 7.54. The number of aromatic nitrogens is 4. The molecule has 24 heavy (non-hydrogen) atoms. The minimum absolute atomic E-state index is 0.0853. The van der Waals surface area contributed by atoms with E-state index in [2.05, 4.69) is 26.5 Å². The van der Waals surface area contributed by atoms with Crippen LogP contribution in [0.1, 0.15) is 36.7 Å². The molecule has 7 heteroatoms. The van der Waals surface area contributed by atoms with Gasteiger partial charge in [0.2, 0.25) is 0 Å². The molecule has 0 bridgehead atoms. The molecule has 0 aromatic carbocycles. The van der Waals surface area contributed by atoms with Gasteiger partial charge in [-0.25, -0.2) is 9.97 Å². The van der Waals surface area contributed by atoms with Gasteiger partial charge >= 0.3 is 0 Å². The summed E-state index contributed by atoms with van der Waals surface area (Å²) in [4.78, 5) is 11.6. The van der Waals surface area contributed by atoms with Gasteiger partial charge in [0.15, 0.2) is 0 Å². The maximum absolute atomic E-state index is 5.70. The van der Waals surface area contributed by atoms with Gasteiger partial charge in [0, 0.05) is 44.1 Å². The fourth-order valence-corrected chi connectivity index (χ4v) is 3.23. The zero-order valence-electron chi connectivity index (χ0n) is 14.1. The van der Waals surface area contributed by atoms with Crippen LogP contribution in [-0.4, -0.2) is 50.4 Å². The number of nitrogens with zero attached hydrogens (tertiary/aromatic N) is 5. The normalized spacial score (nSPS) is 22.3. The third kappa shape index (κ3) is 3.42. The summed E-state index contributed by atoms with van der Waals surface area (Å²) in [5.74, 6) is 1.76. The van der Waals surface area contributed by atoms with Crippen molar-refractivity contribution in [1.29, 1.82) is 0 Å². The van der Waals surface area contributed by atoms with Gasteiger partial charge in [-0.05, 0) is 25.3 Å². The summed E-state index contributed by atoms with van der Waals surface area (Å²) in [6.45, 7) is 3.10. The summed E-state index contributed by atoms with van der Waals surface area (Å²) >= 11 is 0. The van der Waals surface area contributed by atoms with Crippen molar-refractivity contribution >= 4 is 5.82 Å². The molecule has 1 saturated carbocycles. The Morgan fingerprint density at radius 2 is 2.29 bits per heavy atom. The van der Waals surface area contributed by atoms with Crippen LogP contribution in [-0.2, 0) is 18.3 Å². The Morgan fingerprint density at radius 1 is 1.38 bits per heavy atom. The molecule has 1 aliphatic heterocycles. The molecular weight excluding hydrogens is 304 g/mol. The predicted octanol–water partition coefficient (Wildman–Crippen LogP) is 1.75. The van der Waals surface area contributed by atoms with Crippen molar-refractivity contribution in [2.75, 3.05) is 25.1 Å². The number of anilines is 1. The topological polar surface area (TPSA) is 68.1 Å². The Labute approximate surface area is 142 Å². The summed E-state index contributed by atoms with van der Waals surface area (Å²) in [7, 11) is 1.94. The Bertz CT molecular complexity index is 683. The predicted molar refractivity (Wildman–Crippen MR) is 90.5 cm³/mol. The first-order valence-electron chi connectivity index (χ1n) is 8.67. The Morgan fingerprint density at radius 3 is 3.04 bits per heavy atom. The molecule has 0 amide bonds. The van der Waals surface area contributed by atoms with E-state index < -0.39 is 0 Å². The quantitative estimate of drug-likeness (QED) is 0.902. The van der Waals surface area contributed by atoms with Crippen LogP contribution >= 0.6 is 0 Å². The third-order valence-electron chi connectivity index (χ3n) is 4.81. The molecule has 1 saturated heterocycles. The molecule has 0 radical (unpaired) electrons. The highest BCUT2D eigenvalue weighted by atomic mass is 16.5. The van der Waals surface area contributed by atoms with Gasteiger partial charge < -0.3 is 10.1 Å². The number of nitrogens with one attached hydrogen (secondary N) is 1. The third-order valence-corrected chi connectivity index (χ3v) is 4.81. The maximum Gasteiger partial charge on any atom is 0.150 e. The molecule has 1 atom stereocenters. The largest absolute Gasteiger partial charge is 0.378 e. The van der Waals surface area contributed by atoms with Gasteiger partial charge in [0.05, 0.1) is 25.5 Å². The molecule has 128 valence electrons. The minimum Gasteiger partial charge on any atom is -0.378 e. The molecule has 2 aromatic rings. The Hall–Kier alpha value is -1.99. The standard InChI is InChI=1S/C17H24N6O/c1-22-10-13(9-19-22)11-23-7-8-24-12-15(23)17-18-6-5-16(21-17)20-14-3-2-4-14/h5-6,9-10,14-15H,2-4,7-8,11-12H2,1H3,(H,18,20,21)/t15-/m1/s1. The second-order valence-corrected chi connectivity index (χ2v) is 6.66. The van der Waals surface area contributed by atoms with Crippen molar-refractivity contribution in [2.45, 2.75) is 37.9 Å². The van der Waals surface area contributed by atoms with E-state index in [4.69, 9.17) is 9.72 Å². The number of morpholine rings is 1. The summed E-state index contributed by atoms with van der Waals surface area (Å²) in [6, 6.07) is 2.61. The molecule has 0 unspecified atom stereocenters. The fourth-order valence-electron chi connectivity index (χ4n) is 3.23. The molecular formula is C17H24N6O. The van der Waals surface area contributed by atoms with E-state index >= 15 is 0 Å². The number of hydrogen-bond acceptors (Lipinski definition) is 6. The fraction of sp³-hybridized carbons (Fsp3) is 0.588. The summed E-state index contributed by atoms with van der Waals surface area (Å²) in [5, 5.41) is 7.76. The number of ether oxygens (including phenoxy) is 1. The van der Waals surface area contributed by atoms with E-state index in [1.807, 2.05) is 30.2 Å². The monoisotopic (exact) mass is 328 g/mol. The van der Waals surface area contributed by atoms with Crippen LogP contribution in [0.15, 0.2) is 24.7 Å². The van der Waals surface area contributed by atoms with Crippen LogP contribution in [0.25, 0.3) is 0 Å². The number of rotatable bonds is 5. The zero-order valence-corrected chi connectivity index (χ0v) is 14.1. The van der Waals surface area contributed by atoms with Gasteiger partial charge in [-0.2, -0.15) is 5.10 Å². The summed E-state index contributed by atoms with van der Waals surface area (Å²) in [6.07, 6.45) is 9.60. The lowest BCUT2D eigenvalue weighted by Crippen LogP contribution is -2.40. The highest BCUT2D eigenvalue weighted by molar-refractivity contribution is 5.35. The first kappa shape index (κ1) is 15.5. The van der Waals surface area contributed by atoms with E-state index in [-0.39, 0.29) is 6.04 Å². The molecule has 3 heterocycles. The lowest BCUT2D eigenvalue weighted by molar-refractivity contribution is -0.0159. The first-order chi connectivity index (χ1) is 11.8. The highest BCUT2D eigenvalue weighted by Crippen LogP contribution is 2.26. The van der Waals surface area contributed by atoms with Crippen molar-refractivity contribution < 1.29 is 4.74 Å². The highest BCUT2D eigenvalue weighted by Gasteiger charge is 2.28. The average molecular weight is 328 g/mol. The van der Waals surface area contributed by atoms with Crippen molar-refractivity contribution in [3.05, 3.63) is 36.0 Å². The van der Waals surface area contributed by atoms with Crippen molar-refractivity contribution in [1.82, 2.24) is 24.6 Å². The minimum atomic E-state index is 0.0853. The van der Waals surface area contributed by atoms with Crippen LogP contribution < -0.4 is 5.32 Å². The lowest BCUT2D eigenvalue weighted by atomic mass is 9.93. The Kier molecular flexibility index (Phi) is 4.44. The van der Waals surface area contributed by atoms with E-state index in [9.17, 15) is 0 Å². The molecule has 0 spiro atoms. The van der Waals surface area contributed by atoms with Gasteiger partial charge in [-0.15, -0.1) is 0 Å².